The average molecular weight is 262 g/mol. The van der Waals surface area contributed by atoms with E-state index in [0.29, 0.717) is 18.0 Å². The lowest BCUT2D eigenvalue weighted by atomic mass is 9.53. The van der Waals surface area contributed by atoms with E-state index in [1.54, 1.807) is 0 Å². The highest BCUT2D eigenvalue weighted by Gasteiger charge is 2.51. The van der Waals surface area contributed by atoms with Crippen LogP contribution >= 0.6 is 0 Å². The number of carbonyl (C=O) groups is 1. The predicted octanol–water partition coefficient (Wildman–Crippen LogP) is 2.02. The number of likely N-dealkylation sites (tertiary alicyclic amines) is 1. The Morgan fingerprint density at radius 1 is 1.05 bits per heavy atom. The van der Waals surface area contributed by atoms with Crippen LogP contribution in [0.25, 0.3) is 0 Å². The summed E-state index contributed by atoms with van der Waals surface area (Å²) in [5.74, 6) is 4.10. The molecule has 0 spiro atoms. The van der Waals surface area contributed by atoms with E-state index >= 15 is 0 Å². The molecule has 1 atom stereocenters. The minimum atomic E-state index is 0.417. The summed E-state index contributed by atoms with van der Waals surface area (Å²) in [6, 6.07) is 1.03. The average Bonchev–Trinajstić information content (AvgIpc) is 2.39. The molecule has 5 fully saturated rings. The lowest BCUT2D eigenvalue weighted by Crippen LogP contribution is -2.60. The second-order valence-electron chi connectivity index (χ2n) is 7.49. The summed E-state index contributed by atoms with van der Waals surface area (Å²) in [5, 5.41) is 3.27. The van der Waals surface area contributed by atoms with Crippen LogP contribution in [0.15, 0.2) is 0 Å². The quantitative estimate of drug-likeness (QED) is 0.826. The molecule has 1 unspecified atom stereocenters. The summed E-state index contributed by atoms with van der Waals surface area (Å²) in [7, 11) is 1.98. The number of hydrogen-bond donors (Lipinski definition) is 1. The van der Waals surface area contributed by atoms with E-state index in [-0.39, 0.29) is 0 Å². The van der Waals surface area contributed by atoms with Crippen LogP contribution in [0.5, 0.6) is 0 Å². The molecule has 1 N–H and O–H groups in total. The van der Waals surface area contributed by atoms with Crippen molar-refractivity contribution in [3.63, 3.8) is 0 Å². The van der Waals surface area contributed by atoms with Crippen molar-refractivity contribution in [2.45, 2.75) is 57.0 Å². The van der Waals surface area contributed by atoms with Gasteiger partial charge in [0.25, 0.3) is 0 Å². The highest BCUT2D eigenvalue weighted by atomic mass is 16.2. The molecule has 5 aliphatic rings. The number of nitrogens with zero attached hydrogens (tertiary/aromatic N) is 1. The topological polar surface area (TPSA) is 32.3 Å². The zero-order valence-corrected chi connectivity index (χ0v) is 12.0. The molecule has 0 aromatic heterocycles. The van der Waals surface area contributed by atoms with E-state index in [1.807, 2.05) is 7.05 Å². The first-order valence-corrected chi connectivity index (χ1v) is 8.21. The Morgan fingerprint density at radius 2 is 1.68 bits per heavy atom. The van der Waals surface area contributed by atoms with Gasteiger partial charge in [-0.05, 0) is 69.2 Å². The van der Waals surface area contributed by atoms with Crippen molar-refractivity contribution in [1.82, 2.24) is 10.2 Å². The molecule has 1 amide bonds. The van der Waals surface area contributed by atoms with E-state index in [0.717, 1.165) is 43.1 Å². The van der Waals surface area contributed by atoms with Crippen molar-refractivity contribution < 1.29 is 4.79 Å². The number of nitrogens with one attached hydrogen (secondary N) is 1. The van der Waals surface area contributed by atoms with Gasteiger partial charge in [-0.15, -0.1) is 0 Å². The molecule has 5 rings (SSSR count). The minimum absolute atomic E-state index is 0.417. The van der Waals surface area contributed by atoms with Crippen LogP contribution in [-0.2, 0) is 4.79 Å². The molecule has 106 valence electrons. The molecule has 0 aromatic carbocycles. The summed E-state index contributed by atoms with van der Waals surface area (Å²) >= 11 is 0. The summed E-state index contributed by atoms with van der Waals surface area (Å²) in [5.41, 5.74) is 0. The van der Waals surface area contributed by atoms with Crippen LogP contribution in [0, 0.1) is 23.7 Å². The monoisotopic (exact) mass is 262 g/mol. The summed E-state index contributed by atoms with van der Waals surface area (Å²) in [6.45, 7) is 0.997. The summed E-state index contributed by atoms with van der Waals surface area (Å²) < 4.78 is 0. The Bertz CT molecular complexity index is 353. The number of piperidine rings is 1. The second-order valence-corrected chi connectivity index (χ2v) is 7.49. The fourth-order valence-electron chi connectivity index (χ4n) is 5.82. The Labute approximate surface area is 116 Å². The predicted molar refractivity (Wildman–Crippen MR) is 74.6 cm³/mol. The molecular formula is C16H26N2O. The van der Waals surface area contributed by atoms with Gasteiger partial charge in [0, 0.05) is 25.0 Å². The first-order chi connectivity index (χ1) is 9.24. The van der Waals surface area contributed by atoms with Crippen LogP contribution in [0.1, 0.15) is 44.9 Å². The molecule has 3 nitrogen and oxygen atoms in total. The van der Waals surface area contributed by atoms with Gasteiger partial charge in [0.05, 0.1) is 0 Å². The zero-order chi connectivity index (χ0) is 13.0. The van der Waals surface area contributed by atoms with Gasteiger partial charge >= 0.3 is 0 Å². The van der Waals surface area contributed by atoms with Gasteiger partial charge in [0.2, 0.25) is 5.91 Å². The molecule has 1 aliphatic heterocycles. The van der Waals surface area contributed by atoms with Gasteiger partial charge in [-0.25, -0.2) is 0 Å². The minimum Gasteiger partial charge on any atom is -0.339 e. The number of carbonyl (C=O) groups excluding carboxylic acids is 1. The molecule has 0 aromatic rings. The molecule has 1 heterocycles. The van der Waals surface area contributed by atoms with Gasteiger partial charge in [0.15, 0.2) is 0 Å². The first-order valence-electron chi connectivity index (χ1n) is 8.21. The van der Waals surface area contributed by atoms with Crippen molar-refractivity contribution in [3.05, 3.63) is 0 Å². The largest absolute Gasteiger partial charge is 0.339 e. The molecule has 4 bridgehead atoms. The van der Waals surface area contributed by atoms with E-state index in [4.69, 9.17) is 0 Å². The third kappa shape index (κ3) is 1.93. The maximum absolute atomic E-state index is 12.5. The van der Waals surface area contributed by atoms with Gasteiger partial charge < -0.3 is 10.2 Å². The normalized spacial score (nSPS) is 48.9. The molecule has 0 radical (unpaired) electrons. The fraction of sp³-hybridized carbons (Fsp3) is 0.938. The maximum atomic E-state index is 12.5. The Hall–Kier alpha value is -0.570. The summed E-state index contributed by atoms with van der Waals surface area (Å²) in [4.78, 5) is 14.8. The second kappa shape index (κ2) is 4.47. The lowest BCUT2D eigenvalue weighted by molar-refractivity contribution is -0.147. The Kier molecular flexibility index (Phi) is 2.87. The van der Waals surface area contributed by atoms with Crippen LogP contribution < -0.4 is 5.32 Å². The van der Waals surface area contributed by atoms with Crippen molar-refractivity contribution in [2.75, 3.05) is 13.6 Å². The van der Waals surface area contributed by atoms with Crippen LogP contribution in [-0.4, -0.2) is 36.5 Å². The van der Waals surface area contributed by atoms with E-state index in [1.165, 1.54) is 32.1 Å². The molecule has 1 saturated heterocycles. The van der Waals surface area contributed by atoms with Crippen molar-refractivity contribution >= 4 is 5.91 Å². The van der Waals surface area contributed by atoms with Crippen molar-refractivity contribution in [1.29, 1.82) is 0 Å². The molecule has 3 heteroatoms. The SMILES string of the molecule is CNC1CCN(C2C3CC4CC(C3)CC2C4)C(=O)C1. The van der Waals surface area contributed by atoms with Gasteiger partial charge in [-0.3, -0.25) is 4.79 Å². The van der Waals surface area contributed by atoms with Crippen LogP contribution in [0.4, 0.5) is 0 Å². The van der Waals surface area contributed by atoms with Crippen LogP contribution in [0.3, 0.4) is 0 Å². The standard InChI is InChI=1S/C16H26N2O/c1-17-14-2-3-18(15(19)9-14)16-12-5-10-4-11(7-12)8-13(16)6-10/h10-14,16-17H,2-9H2,1H3. The summed E-state index contributed by atoms with van der Waals surface area (Å²) in [6.07, 6.45) is 9.02. The zero-order valence-electron chi connectivity index (χ0n) is 12.0. The fourth-order valence-corrected chi connectivity index (χ4v) is 5.82. The van der Waals surface area contributed by atoms with Gasteiger partial charge in [-0.1, -0.05) is 0 Å². The third-order valence-corrected chi connectivity index (χ3v) is 6.40. The van der Waals surface area contributed by atoms with Crippen molar-refractivity contribution in [2.24, 2.45) is 23.7 Å². The molecule has 4 saturated carbocycles. The van der Waals surface area contributed by atoms with Crippen LogP contribution in [0.2, 0.25) is 0 Å². The number of amides is 1. The van der Waals surface area contributed by atoms with E-state index < -0.39 is 0 Å². The Morgan fingerprint density at radius 3 is 2.21 bits per heavy atom. The molecular weight excluding hydrogens is 236 g/mol. The molecule has 4 aliphatic carbocycles. The Balaban J connectivity index is 1.52. The van der Waals surface area contributed by atoms with Gasteiger partial charge in [-0.2, -0.15) is 0 Å². The smallest absolute Gasteiger partial charge is 0.224 e. The van der Waals surface area contributed by atoms with E-state index in [9.17, 15) is 4.79 Å². The van der Waals surface area contributed by atoms with Crippen molar-refractivity contribution in [3.8, 4) is 0 Å². The lowest BCUT2D eigenvalue weighted by Gasteiger charge is -2.58. The highest BCUT2D eigenvalue weighted by molar-refractivity contribution is 5.78. The van der Waals surface area contributed by atoms with Gasteiger partial charge in [0.1, 0.15) is 0 Å². The maximum Gasteiger partial charge on any atom is 0.224 e. The highest BCUT2D eigenvalue weighted by Crippen LogP contribution is 2.55. The number of rotatable bonds is 2. The van der Waals surface area contributed by atoms with E-state index in [2.05, 4.69) is 10.2 Å². The first kappa shape index (κ1) is 12.2. The number of hydrogen-bond acceptors (Lipinski definition) is 2. The molecule has 19 heavy (non-hydrogen) atoms. The third-order valence-electron chi connectivity index (χ3n) is 6.40.